The summed E-state index contributed by atoms with van der Waals surface area (Å²) in [5.74, 6) is 0. The molecule has 1 fully saturated rings. The van der Waals surface area contributed by atoms with Gasteiger partial charge in [-0.05, 0) is 26.6 Å². The highest BCUT2D eigenvalue weighted by Gasteiger charge is 2.31. The molecule has 1 atom stereocenters. The highest BCUT2D eigenvalue weighted by Crippen LogP contribution is 2.23. The summed E-state index contributed by atoms with van der Waals surface area (Å²) in [5, 5.41) is 3.67. The first-order valence-corrected chi connectivity index (χ1v) is 7.85. The Balaban J connectivity index is 1.78. The summed E-state index contributed by atoms with van der Waals surface area (Å²) >= 11 is 0. The third kappa shape index (κ3) is 5.08. The fraction of sp³-hybridized carbons (Fsp3) is 0.647. The molecule has 118 valence electrons. The summed E-state index contributed by atoms with van der Waals surface area (Å²) < 4.78 is 5.72. The van der Waals surface area contributed by atoms with Gasteiger partial charge in [-0.2, -0.15) is 0 Å². The van der Waals surface area contributed by atoms with Crippen molar-refractivity contribution >= 4 is 0 Å². The molecule has 1 aliphatic heterocycles. The van der Waals surface area contributed by atoms with E-state index in [4.69, 9.17) is 4.74 Å². The number of likely N-dealkylation sites (N-methyl/N-ethyl adjacent to an activating group) is 1. The van der Waals surface area contributed by atoms with E-state index in [1.807, 2.05) is 0 Å². The minimum absolute atomic E-state index is 0.0448. The van der Waals surface area contributed by atoms with E-state index >= 15 is 0 Å². The zero-order chi connectivity index (χ0) is 15.1. The minimum Gasteiger partial charge on any atom is -0.379 e. The van der Waals surface area contributed by atoms with E-state index in [0.717, 1.165) is 45.9 Å². The maximum atomic E-state index is 5.72. The summed E-state index contributed by atoms with van der Waals surface area (Å²) in [4.78, 5) is 4.65. The molecular formula is C17H29N3O. The average Bonchev–Trinajstić information content (AvgIpc) is 2.48. The van der Waals surface area contributed by atoms with E-state index < -0.39 is 0 Å². The number of hydrogen-bond donors (Lipinski definition) is 1. The lowest BCUT2D eigenvalue weighted by Crippen LogP contribution is -2.57. The van der Waals surface area contributed by atoms with Crippen LogP contribution in [0.5, 0.6) is 0 Å². The summed E-state index contributed by atoms with van der Waals surface area (Å²) in [6.07, 6.45) is 0. The number of hydrogen-bond acceptors (Lipinski definition) is 4. The predicted octanol–water partition coefficient (Wildman–Crippen LogP) is 1.39. The molecule has 0 aromatic heterocycles. The fourth-order valence-electron chi connectivity index (χ4n) is 2.81. The standard InChI is InChI=1S/C17H29N3O/c1-17(16-7-5-4-6-8-16)15-20(10-9-18-17)12-14-21-13-11-19(2)3/h4-8,18H,9-15H2,1-3H3. The van der Waals surface area contributed by atoms with Crippen molar-refractivity contribution in [1.82, 2.24) is 15.1 Å². The Morgan fingerprint density at radius 3 is 2.71 bits per heavy atom. The number of nitrogens with one attached hydrogen (secondary N) is 1. The monoisotopic (exact) mass is 291 g/mol. The molecule has 1 aromatic rings. The fourth-order valence-corrected chi connectivity index (χ4v) is 2.81. The van der Waals surface area contributed by atoms with Crippen molar-refractivity contribution in [2.24, 2.45) is 0 Å². The molecule has 0 spiro atoms. The van der Waals surface area contributed by atoms with Gasteiger partial charge in [0, 0.05) is 32.7 Å². The molecule has 0 radical (unpaired) electrons. The van der Waals surface area contributed by atoms with Gasteiger partial charge in [-0.15, -0.1) is 0 Å². The third-order valence-electron chi connectivity index (χ3n) is 4.13. The molecule has 0 bridgehead atoms. The molecule has 21 heavy (non-hydrogen) atoms. The van der Waals surface area contributed by atoms with Crippen LogP contribution >= 0.6 is 0 Å². The van der Waals surface area contributed by atoms with Crippen LogP contribution in [0.25, 0.3) is 0 Å². The number of ether oxygens (including phenoxy) is 1. The summed E-state index contributed by atoms with van der Waals surface area (Å²) in [7, 11) is 4.15. The highest BCUT2D eigenvalue weighted by atomic mass is 16.5. The van der Waals surface area contributed by atoms with Gasteiger partial charge in [0.05, 0.1) is 18.8 Å². The molecule has 1 aliphatic rings. The van der Waals surface area contributed by atoms with E-state index in [1.165, 1.54) is 5.56 Å². The van der Waals surface area contributed by atoms with Crippen molar-refractivity contribution in [3.05, 3.63) is 35.9 Å². The second kappa shape index (κ2) is 7.90. The van der Waals surface area contributed by atoms with Crippen LogP contribution in [0.15, 0.2) is 30.3 Å². The quantitative estimate of drug-likeness (QED) is 0.768. The molecular weight excluding hydrogens is 262 g/mol. The van der Waals surface area contributed by atoms with Crippen LogP contribution in [0, 0.1) is 0 Å². The summed E-state index contributed by atoms with van der Waals surface area (Å²) in [5.41, 5.74) is 1.41. The Morgan fingerprint density at radius 1 is 1.24 bits per heavy atom. The minimum atomic E-state index is 0.0448. The molecule has 1 saturated heterocycles. The average molecular weight is 291 g/mol. The van der Waals surface area contributed by atoms with Crippen LogP contribution in [-0.2, 0) is 10.3 Å². The van der Waals surface area contributed by atoms with Gasteiger partial charge < -0.3 is 15.0 Å². The molecule has 1 N–H and O–H groups in total. The van der Waals surface area contributed by atoms with Gasteiger partial charge >= 0.3 is 0 Å². The number of rotatable bonds is 7. The second-order valence-corrected chi connectivity index (χ2v) is 6.32. The molecule has 4 heteroatoms. The maximum Gasteiger partial charge on any atom is 0.0594 e. The van der Waals surface area contributed by atoms with Crippen molar-refractivity contribution in [3.8, 4) is 0 Å². The zero-order valence-electron chi connectivity index (χ0n) is 13.6. The van der Waals surface area contributed by atoms with Crippen LogP contribution in [0.2, 0.25) is 0 Å². The molecule has 0 aliphatic carbocycles. The van der Waals surface area contributed by atoms with Gasteiger partial charge in [0.1, 0.15) is 0 Å². The predicted molar refractivity (Wildman–Crippen MR) is 87.6 cm³/mol. The van der Waals surface area contributed by atoms with E-state index in [-0.39, 0.29) is 5.54 Å². The van der Waals surface area contributed by atoms with Gasteiger partial charge in [-0.3, -0.25) is 4.90 Å². The topological polar surface area (TPSA) is 27.7 Å². The Morgan fingerprint density at radius 2 is 2.00 bits per heavy atom. The highest BCUT2D eigenvalue weighted by molar-refractivity contribution is 5.24. The molecule has 0 amide bonds. The molecule has 2 rings (SSSR count). The molecule has 1 aromatic carbocycles. The lowest BCUT2D eigenvalue weighted by molar-refractivity contribution is 0.0694. The Hall–Kier alpha value is -0.940. The van der Waals surface area contributed by atoms with Gasteiger partial charge in [-0.25, -0.2) is 0 Å². The maximum absolute atomic E-state index is 5.72. The van der Waals surface area contributed by atoms with Crippen molar-refractivity contribution < 1.29 is 4.74 Å². The molecule has 0 saturated carbocycles. The number of piperazine rings is 1. The van der Waals surface area contributed by atoms with Crippen LogP contribution in [-0.4, -0.2) is 69.8 Å². The first kappa shape index (κ1) is 16.4. The Labute approximate surface area is 129 Å². The van der Waals surface area contributed by atoms with Gasteiger partial charge in [-0.1, -0.05) is 30.3 Å². The van der Waals surface area contributed by atoms with Gasteiger partial charge in [0.25, 0.3) is 0 Å². The van der Waals surface area contributed by atoms with Gasteiger partial charge in [0.2, 0.25) is 0 Å². The third-order valence-corrected chi connectivity index (χ3v) is 4.13. The number of nitrogens with zero attached hydrogens (tertiary/aromatic N) is 2. The smallest absolute Gasteiger partial charge is 0.0594 e. The number of benzene rings is 1. The molecule has 1 heterocycles. The van der Waals surface area contributed by atoms with E-state index in [1.54, 1.807) is 0 Å². The van der Waals surface area contributed by atoms with Crippen LogP contribution in [0.1, 0.15) is 12.5 Å². The van der Waals surface area contributed by atoms with Crippen molar-refractivity contribution in [3.63, 3.8) is 0 Å². The van der Waals surface area contributed by atoms with Crippen molar-refractivity contribution in [2.45, 2.75) is 12.5 Å². The molecule has 1 unspecified atom stereocenters. The van der Waals surface area contributed by atoms with E-state index in [2.05, 4.69) is 66.5 Å². The SMILES string of the molecule is CN(C)CCOCCN1CCNC(C)(c2ccccc2)C1. The normalized spacial score (nSPS) is 23.6. The van der Waals surface area contributed by atoms with E-state index in [9.17, 15) is 0 Å². The van der Waals surface area contributed by atoms with E-state index in [0.29, 0.717) is 0 Å². The first-order valence-electron chi connectivity index (χ1n) is 7.85. The zero-order valence-corrected chi connectivity index (χ0v) is 13.6. The summed E-state index contributed by atoms with van der Waals surface area (Å²) in [6, 6.07) is 10.7. The largest absolute Gasteiger partial charge is 0.379 e. The van der Waals surface area contributed by atoms with Crippen LogP contribution in [0.3, 0.4) is 0 Å². The Bertz CT molecular complexity index is 410. The Kier molecular flexibility index (Phi) is 6.18. The first-order chi connectivity index (χ1) is 10.1. The van der Waals surface area contributed by atoms with Crippen LogP contribution < -0.4 is 5.32 Å². The molecule has 4 nitrogen and oxygen atoms in total. The second-order valence-electron chi connectivity index (χ2n) is 6.32. The van der Waals surface area contributed by atoms with Gasteiger partial charge in [0.15, 0.2) is 0 Å². The van der Waals surface area contributed by atoms with Crippen molar-refractivity contribution in [2.75, 3.05) is 60.0 Å². The lowest BCUT2D eigenvalue weighted by Gasteiger charge is -2.42. The lowest BCUT2D eigenvalue weighted by atomic mass is 9.90. The van der Waals surface area contributed by atoms with Crippen LogP contribution in [0.4, 0.5) is 0 Å². The van der Waals surface area contributed by atoms with Crippen molar-refractivity contribution in [1.29, 1.82) is 0 Å². The summed E-state index contributed by atoms with van der Waals surface area (Å²) in [6.45, 7) is 9.09.